The van der Waals surface area contributed by atoms with Gasteiger partial charge in [-0.2, -0.15) is 0 Å². The van der Waals surface area contributed by atoms with Crippen LogP contribution >= 0.6 is 11.6 Å². The maximum absolute atomic E-state index is 5.93. The van der Waals surface area contributed by atoms with Crippen LogP contribution in [0.25, 0.3) is 23.1 Å². The summed E-state index contributed by atoms with van der Waals surface area (Å²) in [7, 11) is 1.93. The predicted molar refractivity (Wildman–Crippen MR) is 118 cm³/mol. The van der Waals surface area contributed by atoms with E-state index in [4.69, 9.17) is 11.6 Å². The number of anilines is 1. The fraction of sp³-hybridized carbons (Fsp3) is 0.273. The number of aromatic nitrogens is 2. The second-order valence-electron chi connectivity index (χ2n) is 5.87. The zero-order chi connectivity index (χ0) is 19.6. The number of nitrogens with zero attached hydrogens (tertiary/aromatic N) is 2. The average Bonchev–Trinajstić information content (AvgIpc) is 2.69. The first-order chi connectivity index (χ1) is 13.2. The van der Waals surface area contributed by atoms with Gasteiger partial charge in [0.1, 0.15) is 5.82 Å². The quantitative estimate of drug-likeness (QED) is 0.559. The van der Waals surface area contributed by atoms with Crippen molar-refractivity contribution >= 4 is 40.5 Å². The molecule has 0 unspecified atom stereocenters. The zero-order valence-corrected chi connectivity index (χ0v) is 17.1. The molecule has 1 heterocycles. The number of halogens is 1. The molecule has 0 aliphatic rings. The number of fused-ring (bicyclic) bond motifs is 1. The van der Waals surface area contributed by atoms with Crippen molar-refractivity contribution in [2.24, 2.45) is 0 Å². The minimum Gasteiger partial charge on any atom is -0.368 e. The van der Waals surface area contributed by atoms with Crippen LogP contribution in [-0.2, 0) is 0 Å². The molecular formula is C22H27ClN4. The summed E-state index contributed by atoms with van der Waals surface area (Å²) in [5.74, 6) is 1.54. The molecule has 0 aliphatic carbocycles. The molecule has 0 saturated heterocycles. The Bertz CT molecular complexity index is 889. The van der Waals surface area contributed by atoms with Gasteiger partial charge in [-0.15, -0.1) is 0 Å². The van der Waals surface area contributed by atoms with E-state index >= 15 is 0 Å². The monoisotopic (exact) mass is 382 g/mol. The number of aryl methyl sites for hydroxylation is 1. The molecule has 0 bridgehead atoms. The Labute approximate surface area is 166 Å². The standard InChI is InChI=1S/C20H21ClN4.C2H6/c1-14-3-9-18-17(13-14)20(23-12-11-22-2)25-19(24-18)10-6-15-4-7-16(21)8-5-15;1-2/h3-10,13,22H,11-12H2,1-2H3,(H,23,24,25);1-2H3/b10-6+;. The van der Waals surface area contributed by atoms with Crippen LogP contribution in [0.3, 0.4) is 0 Å². The van der Waals surface area contributed by atoms with Gasteiger partial charge in [0, 0.05) is 23.5 Å². The molecule has 2 aromatic carbocycles. The summed E-state index contributed by atoms with van der Waals surface area (Å²) < 4.78 is 0. The lowest BCUT2D eigenvalue weighted by molar-refractivity contribution is 0.821. The Morgan fingerprint density at radius 1 is 0.963 bits per heavy atom. The van der Waals surface area contributed by atoms with Gasteiger partial charge in [0.05, 0.1) is 5.52 Å². The normalized spacial score (nSPS) is 10.7. The maximum atomic E-state index is 5.93. The smallest absolute Gasteiger partial charge is 0.154 e. The average molecular weight is 383 g/mol. The first-order valence-electron chi connectivity index (χ1n) is 9.26. The topological polar surface area (TPSA) is 49.8 Å². The van der Waals surface area contributed by atoms with Gasteiger partial charge < -0.3 is 10.6 Å². The highest BCUT2D eigenvalue weighted by Gasteiger charge is 2.06. The molecule has 1 aromatic heterocycles. The largest absolute Gasteiger partial charge is 0.368 e. The Morgan fingerprint density at radius 3 is 2.41 bits per heavy atom. The molecular weight excluding hydrogens is 356 g/mol. The highest BCUT2D eigenvalue weighted by molar-refractivity contribution is 6.30. The molecule has 0 radical (unpaired) electrons. The fourth-order valence-electron chi connectivity index (χ4n) is 2.52. The molecule has 142 valence electrons. The van der Waals surface area contributed by atoms with Crippen molar-refractivity contribution < 1.29 is 0 Å². The third-order valence-electron chi connectivity index (χ3n) is 3.83. The van der Waals surface area contributed by atoms with Gasteiger partial charge in [0.15, 0.2) is 5.82 Å². The Balaban J connectivity index is 0.00000126. The number of nitrogens with one attached hydrogen (secondary N) is 2. The van der Waals surface area contributed by atoms with E-state index in [2.05, 4.69) is 39.7 Å². The number of rotatable bonds is 6. The molecule has 0 atom stereocenters. The first-order valence-corrected chi connectivity index (χ1v) is 9.64. The number of likely N-dealkylation sites (N-methyl/N-ethyl adjacent to an activating group) is 1. The summed E-state index contributed by atoms with van der Waals surface area (Å²) in [5, 5.41) is 8.30. The lowest BCUT2D eigenvalue weighted by Crippen LogP contribution is -2.18. The summed E-state index contributed by atoms with van der Waals surface area (Å²) in [6, 6.07) is 13.9. The van der Waals surface area contributed by atoms with Crippen molar-refractivity contribution in [3.63, 3.8) is 0 Å². The van der Waals surface area contributed by atoms with Crippen LogP contribution in [0.15, 0.2) is 42.5 Å². The van der Waals surface area contributed by atoms with Crippen LogP contribution in [0.2, 0.25) is 5.02 Å². The van der Waals surface area contributed by atoms with E-state index in [0.717, 1.165) is 40.4 Å². The minimum atomic E-state index is 0.679. The number of hydrogen-bond donors (Lipinski definition) is 2. The number of benzene rings is 2. The molecule has 0 aliphatic heterocycles. The SMILES string of the molecule is CC.CNCCNc1nc(/C=C/c2ccc(Cl)cc2)nc2ccc(C)cc12. The Kier molecular flexibility index (Phi) is 8.24. The third kappa shape index (κ3) is 6.05. The summed E-state index contributed by atoms with van der Waals surface area (Å²) >= 11 is 5.93. The lowest BCUT2D eigenvalue weighted by Gasteiger charge is -2.10. The van der Waals surface area contributed by atoms with E-state index in [-0.39, 0.29) is 0 Å². The fourth-order valence-corrected chi connectivity index (χ4v) is 2.65. The number of hydrogen-bond acceptors (Lipinski definition) is 4. The lowest BCUT2D eigenvalue weighted by atomic mass is 10.1. The van der Waals surface area contributed by atoms with E-state index in [0.29, 0.717) is 5.82 Å². The van der Waals surface area contributed by atoms with Crippen molar-refractivity contribution in [3.8, 4) is 0 Å². The van der Waals surface area contributed by atoms with Gasteiger partial charge >= 0.3 is 0 Å². The Hall–Kier alpha value is -2.43. The second-order valence-corrected chi connectivity index (χ2v) is 6.30. The zero-order valence-electron chi connectivity index (χ0n) is 16.4. The van der Waals surface area contributed by atoms with Crippen molar-refractivity contribution in [2.45, 2.75) is 20.8 Å². The van der Waals surface area contributed by atoms with Gasteiger partial charge in [-0.25, -0.2) is 9.97 Å². The van der Waals surface area contributed by atoms with Gasteiger partial charge in [0.2, 0.25) is 0 Å². The van der Waals surface area contributed by atoms with Crippen molar-refractivity contribution in [2.75, 3.05) is 25.5 Å². The first kappa shape index (κ1) is 20.9. The summed E-state index contributed by atoms with van der Waals surface area (Å²) in [6.07, 6.45) is 3.91. The van der Waals surface area contributed by atoms with Crippen molar-refractivity contribution in [3.05, 3.63) is 64.4 Å². The summed E-state index contributed by atoms with van der Waals surface area (Å²) in [6.45, 7) is 7.75. The molecule has 0 amide bonds. The van der Waals surface area contributed by atoms with Crippen LogP contribution in [0.5, 0.6) is 0 Å². The van der Waals surface area contributed by atoms with Crippen LogP contribution in [0.1, 0.15) is 30.8 Å². The van der Waals surface area contributed by atoms with Gasteiger partial charge in [-0.1, -0.05) is 55.3 Å². The van der Waals surface area contributed by atoms with E-state index in [1.54, 1.807) is 0 Å². The third-order valence-corrected chi connectivity index (χ3v) is 4.08. The summed E-state index contributed by atoms with van der Waals surface area (Å²) in [5.41, 5.74) is 3.18. The van der Waals surface area contributed by atoms with E-state index < -0.39 is 0 Å². The molecule has 0 spiro atoms. The van der Waals surface area contributed by atoms with Gasteiger partial charge in [-0.3, -0.25) is 0 Å². The van der Waals surface area contributed by atoms with E-state index in [9.17, 15) is 0 Å². The molecule has 4 nitrogen and oxygen atoms in total. The molecule has 2 N–H and O–H groups in total. The van der Waals surface area contributed by atoms with Gasteiger partial charge in [0.25, 0.3) is 0 Å². The highest BCUT2D eigenvalue weighted by Crippen LogP contribution is 2.22. The molecule has 0 fully saturated rings. The Morgan fingerprint density at radius 2 is 1.70 bits per heavy atom. The molecule has 3 aromatic rings. The molecule has 27 heavy (non-hydrogen) atoms. The van der Waals surface area contributed by atoms with Crippen LogP contribution in [-0.4, -0.2) is 30.1 Å². The van der Waals surface area contributed by atoms with E-state index in [1.165, 1.54) is 5.56 Å². The predicted octanol–water partition coefficient (Wildman–Crippen LogP) is 5.42. The van der Waals surface area contributed by atoms with E-state index in [1.807, 2.05) is 63.4 Å². The summed E-state index contributed by atoms with van der Waals surface area (Å²) in [4.78, 5) is 9.34. The van der Waals surface area contributed by atoms with Crippen LogP contribution < -0.4 is 10.6 Å². The van der Waals surface area contributed by atoms with Gasteiger partial charge in [-0.05, 0) is 49.9 Å². The maximum Gasteiger partial charge on any atom is 0.154 e. The van der Waals surface area contributed by atoms with Crippen LogP contribution in [0, 0.1) is 6.92 Å². The van der Waals surface area contributed by atoms with Crippen molar-refractivity contribution in [1.29, 1.82) is 0 Å². The molecule has 5 heteroatoms. The van der Waals surface area contributed by atoms with Crippen LogP contribution in [0.4, 0.5) is 5.82 Å². The van der Waals surface area contributed by atoms with Crippen molar-refractivity contribution in [1.82, 2.24) is 15.3 Å². The minimum absolute atomic E-state index is 0.679. The molecule has 3 rings (SSSR count). The molecule has 0 saturated carbocycles. The highest BCUT2D eigenvalue weighted by atomic mass is 35.5. The second kappa shape index (κ2) is 10.7.